The molecule has 0 aliphatic heterocycles. The summed E-state index contributed by atoms with van der Waals surface area (Å²) in [5, 5.41) is 4.23. The summed E-state index contributed by atoms with van der Waals surface area (Å²) in [6.45, 7) is 2.96. The molecule has 1 unspecified atom stereocenters. The molecule has 0 amide bonds. The summed E-state index contributed by atoms with van der Waals surface area (Å²) >= 11 is 7.91. The van der Waals surface area contributed by atoms with Crippen molar-refractivity contribution in [1.29, 1.82) is 0 Å². The number of hydrogen-bond donors (Lipinski definition) is 1. The maximum atomic E-state index is 6.17. The van der Waals surface area contributed by atoms with E-state index in [1.54, 1.807) is 18.9 Å². The van der Waals surface area contributed by atoms with Crippen LogP contribution in [0.1, 0.15) is 24.1 Å². The SMILES string of the molecule is CCNC(c1ccc(SC)cc1)c1cc(Cl)ccc1OC. The van der Waals surface area contributed by atoms with Crippen molar-refractivity contribution >= 4 is 23.4 Å². The van der Waals surface area contributed by atoms with Crippen molar-refractivity contribution in [1.82, 2.24) is 5.32 Å². The molecule has 1 atom stereocenters. The van der Waals surface area contributed by atoms with E-state index < -0.39 is 0 Å². The third-order valence-corrected chi connectivity index (χ3v) is 4.34. The van der Waals surface area contributed by atoms with Gasteiger partial charge >= 0.3 is 0 Å². The van der Waals surface area contributed by atoms with Crippen LogP contribution in [0.15, 0.2) is 47.4 Å². The van der Waals surface area contributed by atoms with Crippen LogP contribution in [0.2, 0.25) is 5.02 Å². The predicted octanol–water partition coefficient (Wildman–Crippen LogP) is 4.77. The fraction of sp³-hybridized carbons (Fsp3) is 0.294. The molecule has 21 heavy (non-hydrogen) atoms. The van der Waals surface area contributed by atoms with Crippen molar-refractivity contribution in [3.05, 3.63) is 58.6 Å². The number of ether oxygens (including phenoxy) is 1. The number of halogens is 1. The molecule has 0 spiro atoms. The molecule has 1 N–H and O–H groups in total. The monoisotopic (exact) mass is 321 g/mol. The van der Waals surface area contributed by atoms with E-state index in [0.29, 0.717) is 0 Å². The molecule has 4 heteroatoms. The third-order valence-electron chi connectivity index (χ3n) is 3.36. The number of thioether (sulfide) groups is 1. The first-order valence-electron chi connectivity index (χ1n) is 6.90. The van der Waals surface area contributed by atoms with E-state index in [-0.39, 0.29) is 6.04 Å². The van der Waals surface area contributed by atoms with E-state index >= 15 is 0 Å². The Morgan fingerprint density at radius 2 is 1.90 bits per heavy atom. The summed E-state index contributed by atoms with van der Waals surface area (Å²) in [6, 6.07) is 14.4. The van der Waals surface area contributed by atoms with Crippen molar-refractivity contribution in [2.75, 3.05) is 19.9 Å². The summed E-state index contributed by atoms with van der Waals surface area (Å²) in [5.41, 5.74) is 2.26. The van der Waals surface area contributed by atoms with Crippen molar-refractivity contribution in [3.8, 4) is 5.75 Å². The fourth-order valence-electron chi connectivity index (χ4n) is 2.34. The van der Waals surface area contributed by atoms with Gasteiger partial charge in [0.1, 0.15) is 5.75 Å². The van der Waals surface area contributed by atoms with Gasteiger partial charge in [-0.05, 0) is 48.7 Å². The first-order valence-corrected chi connectivity index (χ1v) is 8.50. The van der Waals surface area contributed by atoms with Crippen molar-refractivity contribution in [3.63, 3.8) is 0 Å². The van der Waals surface area contributed by atoms with Gasteiger partial charge in [-0.25, -0.2) is 0 Å². The summed E-state index contributed by atoms with van der Waals surface area (Å²) in [7, 11) is 1.69. The van der Waals surface area contributed by atoms with Gasteiger partial charge in [-0.3, -0.25) is 0 Å². The van der Waals surface area contributed by atoms with Gasteiger partial charge in [0.25, 0.3) is 0 Å². The molecule has 0 aromatic heterocycles. The lowest BCUT2D eigenvalue weighted by atomic mass is 9.97. The van der Waals surface area contributed by atoms with Crippen LogP contribution < -0.4 is 10.1 Å². The predicted molar refractivity (Wildman–Crippen MR) is 91.7 cm³/mol. The summed E-state index contributed by atoms with van der Waals surface area (Å²) < 4.78 is 5.49. The molecule has 0 heterocycles. The summed E-state index contributed by atoms with van der Waals surface area (Å²) in [5.74, 6) is 0.847. The lowest BCUT2D eigenvalue weighted by molar-refractivity contribution is 0.404. The van der Waals surface area contributed by atoms with Gasteiger partial charge in [0.15, 0.2) is 0 Å². The average molecular weight is 322 g/mol. The molecule has 2 rings (SSSR count). The Morgan fingerprint density at radius 1 is 1.19 bits per heavy atom. The zero-order chi connectivity index (χ0) is 15.2. The molecule has 2 aromatic carbocycles. The topological polar surface area (TPSA) is 21.3 Å². The molecule has 0 aliphatic carbocycles. The van der Waals surface area contributed by atoms with Gasteiger partial charge in [0.2, 0.25) is 0 Å². The van der Waals surface area contributed by atoms with E-state index in [0.717, 1.165) is 22.9 Å². The van der Waals surface area contributed by atoms with E-state index in [1.807, 2.05) is 18.2 Å². The molecule has 2 aromatic rings. The van der Waals surface area contributed by atoms with Crippen molar-refractivity contribution in [2.45, 2.75) is 17.9 Å². The van der Waals surface area contributed by atoms with Crippen LogP contribution in [-0.2, 0) is 0 Å². The summed E-state index contributed by atoms with van der Waals surface area (Å²) in [6.07, 6.45) is 2.08. The smallest absolute Gasteiger partial charge is 0.124 e. The molecule has 112 valence electrons. The lowest BCUT2D eigenvalue weighted by Gasteiger charge is -2.21. The number of methoxy groups -OCH3 is 1. The van der Waals surface area contributed by atoms with Gasteiger partial charge in [-0.15, -0.1) is 11.8 Å². The number of rotatable bonds is 6. The molecule has 0 radical (unpaired) electrons. The van der Waals surface area contributed by atoms with Crippen LogP contribution in [0.5, 0.6) is 5.75 Å². The largest absolute Gasteiger partial charge is 0.496 e. The minimum absolute atomic E-state index is 0.0690. The fourth-order valence-corrected chi connectivity index (χ4v) is 2.93. The Morgan fingerprint density at radius 3 is 2.48 bits per heavy atom. The van der Waals surface area contributed by atoms with Crippen LogP contribution in [0.3, 0.4) is 0 Å². The second-order valence-corrected chi connectivity index (χ2v) is 5.97. The number of benzene rings is 2. The first-order chi connectivity index (χ1) is 10.2. The standard InChI is InChI=1S/C17H20ClNOS/c1-4-19-17(12-5-8-14(21-3)9-6-12)15-11-13(18)7-10-16(15)20-2/h5-11,17,19H,4H2,1-3H3. The normalized spacial score (nSPS) is 12.2. The Kier molecular flexibility index (Phi) is 5.97. The van der Waals surface area contributed by atoms with Gasteiger partial charge < -0.3 is 10.1 Å². The molecule has 0 aliphatic rings. The van der Waals surface area contributed by atoms with Gasteiger partial charge in [-0.1, -0.05) is 30.7 Å². The second-order valence-electron chi connectivity index (χ2n) is 4.65. The minimum Gasteiger partial charge on any atom is -0.496 e. The maximum absolute atomic E-state index is 6.17. The van der Waals surface area contributed by atoms with E-state index in [9.17, 15) is 0 Å². The van der Waals surface area contributed by atoms with E-state index in [1.165, 1.54) is 10.5 Å². The molecular formula is C17H20ClNOS. The molecule has 0 bridgehead atoms. The van der Waals surface area contributed by atoms with Gasteiger partial charge in [0.05, 0.1) is 13.2 Å². The van der Waals surface area contributed by atoms with Gasteiger partial charge in [0, 0.05) is 15.5 Å². The Bertz CT molecular complexity index is 586. The van der Waals surface area contributed by atoms with Crippen LogP contribution >= 0.6 is 23.4 Å². The zero-order valence-electron chi connectivity index (χ0n) is 12.5. The highest BCUT2D eigenvalue weighted by Crippen LogP contribution is 2.33. The van der Waals surface area contributed by atoms with Crippen LogP contribution in [-0.4, -0.2) is 19.9 Å². The lowest BCUT2D eigenvalue weighted by Crippen LogP contribution is -2.22. The van der Waals surface area contributed by atoms with E-state index in [2.05, 4.69) is 42.8 Å². The number of nitrogens with one attached hydrogen (secondary N) is 1. The van der Waals surface area contributed by atoms with Crippen molar-refractivity contribution in [2.24, 2.45) is 0 Å². The van der Waals surface area contributed by atoms with Crippen LogP contribution in [0.25, 0.3) is 0 Å². The third kappa shape index (κ3) is 3.94. The van der Waals surface area contributed by atoms with Crippen LogP contribution in [0, 0.1) is 0 Å². The second kappa shape index (κ2) is 7.74. The highest BCUT2D eigenvalue weighted by Gasteiger charge is 2.17. The maximum Gasteiger partial charge on any atom is 0.124 e. The number of hydrogen-bond acceptors (Lipinski definition) is 3. The minimum atomic E-state index is 0.0690. The Hall–Kier alpha value is -1.16. The quantitative estimate of drug-likeness (QED) is 0.774. The molecular weight excluding hydrogens is 302 g/mol. The Balaban J connectivity index is 2.44. The molecule has 0 fully saturated rings. The first kappa shape index (κ1) is 16.2. The zero-order valence-corrected chi connectivity index (χ0v) is 14.1. The highest BCUT2D eigenvalue weighted by molar-refractivity contribution is 7.98. The summed E-state index contributed by atoms with van der Waals surface area (Å²) in [4.78, 5) is 1.26. The van der Waals surface area contributed by atoms with E-state index in [4.69, 9.17) is 16.3 Å². The Labute approximate surface area is 135 Å². The molecule has 2 nitrogen and oxygen atoms in total. The van der Waals surface area contributed by atoms with Crippen molar-refractivity contribution < 1.29 is 4.74 Å². The molecule has 0 saturated carbocycles. The van der Waals surface area contributed by atoms with Gasteiger partial charge in [-0.2, -0.15) is 0 Å². The average Bonchev–Trinajstić information content (AvgIpc) is 2.53. The highest BCUT2D eigenvalue weighted by atomic mass is 35.5. The van der Waals surface area contributed by atoms with Crippen LogP contribution in [0.4, 0.5) is 0 Å². The molecule has 0 saturated heterocycles.